The lowest BCUT2D eigenvalue weighted by Crippen LogP contribution is -2.64. The third-order valence-corrected chi connectivity index (χ3v) is 5.17. The molecule has 28 heavy (non-hydrogen) atoms. The van der Waals surface area contributed by atoms with Gasteiger partial charge in [-0.2, -0.15) is 39.5 Å². The van der Waals surface area contributed by atoms with Gasteiger partial charge in [-0.05, 0) is 24.8 Å². The molecule has 158 valence electrons. The number of nitrogens with one attached hydrogen (secondary N) is 1. The van der Waals surface area contributed by atoms with Gasteiger partial charge in [-0.3, -0.25) is 4.79 Å². The van der Waals surface area contributed by atoms with Gasteiger partial charge < -0.3 is 10.1 Å². The summed E-state index contributed by atoms with van der Waals surface area (Å²) < 4.78 is 121. The molecular formula is C14H10F9NO3S. The van der Waals surface area contributed by atoms with E-state index in [0.29, 0.717) is 34.6 Å². The van der Waals surface area contributed by atoms with Crippen molar-refractivity contribution in [1.82, 2.24) is 0 Å². The van der Waals surface area contributed by atoms with Crippen molar-refractivity contribution in [3.63, 3.8) is 0 Å². The maximum atomic E-state index is 13.7. The van der Waals surface area contributed by atoms with Crippen LogP contribution in [-0.2, 0) is 22.4 Å². The van der Waals surface area contributed by atoms with Crippen LogP contribution in [0.1, 0.15) is 27.2 Å². The number of carbonyl (C=O) groups excluding carboxylic acids is 2. The molecule has 1 amide bonds. The average Bonchev–Trinajstić information content (AvgIpc) is 3.13. The maximum absolute atomic E-state index is 13.7. The number of alkyl halides is 9. The first-order valence-corrected chi connectivity index (χ1v) is 8.15. The molecule has 1 aromatic rings. The van der Waals surface area contributed by atoms with Crippen molar-refractivity contribution in [2.24, 2.45) is 0 Å². The minimum Gasteiger partial charge on any atom is -0.465 e. The predicted molar refractivity (Wildman–Crippen MR) is 77.2 cm³/mol. The zero-order chi connectivity index (χ0) is 21.7. The van der Waals surface area contributed by atoms with Gasteiger partial charge in [0.2, 0.25) is 0 Å². The van der Waals surface area contributed by atoms with Gasteiger partial charge in [0.05, 0.1) is 12.7 Å². The number of halogens is 9. The highest BCUT2D eigenvalue weighted by Crippen LogP contribution is 2.53. The number of anilines is 1. The van der Waals surface area contributed by atoms with E-state index >= 15 is 0 Å². The van der Waals surface area contributed by atoms with Crippen LogP contribution in [0.15, 0.2) is 0 Å². The summed E-state index contributed by atoms with van der Waals surface area (Å²) in [6, 6.07) is 0. The van der Waals surface area contributed by atoms with E-state index in [4.69, 9.17) is 0 Å². The normalized spacial score (nSPS) is 15.4. The zero-order valence-corrected chi connectivity index (χ0v) is 14.5. The molecule has 4 nitrogen and oxygen atoms in total. The van der Waals surface area contributed by atoms with Gasteiger partial charge in [-0.15, -0.1) is 11.3 Å². The van der Waals surface area contributed by atoms with Crippen molar-refractivity contribution in [2.75, 3.05) is 12.4 Å². The summed E-state index contributed by atoms with van der Waals surface area (Å²) in [5.41, 5.74) is -0.141. The second-order valence-electron chi connectivity index (χ2n) is 5.73. The van der Waals surface area contributed by atoms with Crippen LogP contribution >= 0.6 is 11.3 Å². The van der Waals surface area contributed by atoms with Gasteiger partial charge in [0.15, 0.2) is 0 Å². The molecule has 0 unspecified atom stereocenters. The number of hydrogen-bond donors (Lipinski definition) is 1. The molecule has 0 saturated carbocycles. The monoisotopic (exact) mass is 443 g/mol. The number of aryl methyl sites for hydroxylation is 1. The van der Waals surface area contributed by atoms with Gasteiger partial charge in [0.1, 0.15) is 5.00 Å². The highest BCUT2D eigenvalue weighted by atomic mass is 32.1. The van der Waals surface area contributed by atoms with E-state index < -0.39 is 46.4 Å². The molecule has 0 radical (unpaired) electrons. The fourth-order valence-corrected chi connectivity index (χ4v) is 3.78. The van der Waals surface area contributed by atoms with Gasteiger partial charge in [0.25, 0.3) is 0 Å². The topological polar surface area (TPSA) is 55.4 Å². The third kappa shape index (κ3) is 3.20. The maximum Gasteiger partial charge on any atom is 0.460 e. The Balaban J connectivity index is 2.41. The van der Waals surface area contributed by atoms with Crippen LogP contribution in [0.3, 0.4) is 0 Å². The van der Waals surface area contributed by atoms with Crippen molar-refractivity contribution in [1.29, 1.82) is 0 Å². The van der Waals surface area contributed by atoms with Crippen LogP contribution in [0, 0.1) is 0 Å². The van der Waals surface area contributed by atoms with E-state index in [1.54, 1.807) is 0 Å². The van der Waals surface area contributed by atoms with Crippen molar-refractivity contribution < 1.29 is 53.8 Å². The molecule has 2 rings (SSSR count). The van der Waals surface area contributed by atoms with Gasteiger partial charge in [0, 0.05) is 4.88 Å². The summed E-state index contributed by atoms with van der Waals surface area (Å²) in [5, 5.41) is 0.472. The van der Waals surface area contributed by atoms with Crippen molar-refractivity contribution in [2.45, 2.75) is 43.2 Å². The molecule has 1 aliphatic rings. The standard InChI is InChI=1S/C14H10F9NO3S/c1-27-9(25)7-5-3-2-4-6(5)28-8(7)24-10(26)11(15,16)12(17,18)13(19,20)14(21,22)23/h2-4H2,1H3,(H,24,26). The highest BCUT2D eigenvalue weighted by Gasteiger charge is 2.83. The van der Waals surface area contributed by atoms with Crippen molar-refractivity contribution in [3.8, 4) is 0 Å². The lowest BCUT2D eigenvalue weighted by Gasteiger charge is -2.32. The molecule has 14 heteroatoms. The van der Waals surface area contributed by atoms with E-state index in [1.165, 1.54) is 5.32 Å². The van der Waals surface area contributed by atoms with Crippen LogP contribution in [0.4, 0.5) is 44.5 Å². The van der Waals surface area contributed by atoms with E-state index in [-0.39, 0.29) is 6.42 Å². The largest absolute Gasteiger partial charge is 0.465 e. The summed E-state index contributed by atoms with van der Waals surface area (Å²) in [4.78, 5) is 23.8. The minimum atomic E-state index is -7.19. The number of fused-ring (bicyclic) bond motifs is 1. The Hall–Kier alpha value is -1.99. The van der Waals surface area contributed by atoms with Gasteiger partial charge in [-0.1, -0.05) is 0 Å². The van der Waals surface area contributed by atoms with Gasteiger partial charge >= 0.3 is 35.8 Å². The number of rotatable bonds is 5. The second-order valence-corrected chi connectivity index (χ2v) is 6.83. The lowest BCUT2D eigenvalue weighted by molar-refractivity contribution is -0.388. The van der Waals surface area contributed by atoms with Crippen molar-refractivity contribution >= 4 is 28.2 Å². The molecule has 0 aliphatic heterocycles. The number of ether oxygens (including phenoxy) is 1. The van der Waals surface area contributed by atoms with Crippen molar-refractivity contribution in [3.05, 3.63) is 16.0 Å². The number of methoxy groups -OCH3 is 1. The first-order valence-electron chi connectivity index (χ1n) is 7.34. The van der Waals surface area contributed by atoms with Gasteiger partial charge in [-0.25, -0.2) is 4.79 Å². The van der Waals surface area contributed by atoms with E-state index in [0.717, 1.165) is 7.11 Å². The average molecular weight is 443 g/mol. The summed E-state index contributed by atoms with van der Waals surface area (Å²) >= 11 is 0.540. The Morgan fingerprint density at radius 2 is 1.54 bits per heavy atom. The molecule has 0 atom stereocenters. The summed E-state index contributed by atoms with van der Waals surface area (Å²) in [6.07, 6.45) is -5.85. The van der Waals surface area contributed by atoms with Crippen LogP contribution in [-0.4, -0.2) is 42.9 Å². The molecule has 0 bridgehead atoms. The molecule has 1 heterocycles. The minimum absolute atomic E-state index is 0.269. The summed E-state index contributed by atoms with van der Waals surface area (Å²) in [7, 11) is 0.902. The zero-order valence-electron chi connectivity index (χ0n) is 13.7. The molecule has 0 saturated heterocycles. The predicted octanol–water partition coefficient (Wildman–Crippen LogP) is 4.43. The molecule has 1 N–H and O–H groups in total. The lowest BCUT2D eigenvalue weighted by atomic mass is 10.0. The number of carbonyl (C=O) groups is 2. The van der Waals surface area contributed by atoms with E-state index in [1.807, 2.05) is 0 Å². The first-order chi connectivity index (χ1) is 12.6. The fourth-order valence-electron chi connectivity index (χ4n) is 2.51. The molecular weight excluding hydrogens is 433 g/mol. The Morgan fingerprint density at radius 3 is 2.04 bits per heavy atom. The summed E-state index contributed by atoms with van der Waals surface area (Å²) in [5.74, 6) is -25.0. The smallest absolute Gasteiger partial charge is 0.460 e. The van der Waals surface area contributed by atoms with Crippen LogP contribution in [0.2, 0.25) is 0 Å². The molecule has 0 aromatic carbocycles. The van der Waals surface area contributed by atoms with Crippen LogP contribution < -0.4 is 5.32 Å². The SMILES string of the molecule is COC(=O)c1c(NC(=O)C(F)(F)C(F)(F)C(F)(F)C(F)(F)F)sc2c1CCC2. The number of hydrogen-bond acceptors (Lipinski definition) is 4. The molecule has 0 fully saturated rings. The molecule has 1 aromatic heterocycles. The fraction of sp³-hybridized carbons (Fsp3) is 0.571. The Labute approximate surface area is 154 Å². The van der Waals surface area contributed by atoms with Crippen LogP contribution in [0.25, 0.3) is 0 Å². The Kier molecular flexibility index (Phi) is 5.42. The Morgan fingerprint density at radius 1 is 0.964 bits per heavy atom. The third-order valence-electron chi connectivity index (χ3n) is 3.97. The molecule has 0 spiro atoms. The second kappa shape index (κ2) is 6.81. The number of thiophene rings is 1. The van der Waals surface area contributed by atoms with Crippen LogP contribution in [0.5, 0.6) is 0 Å². The summed E-state index contributed by atoms with van der Waals surface area (Å²) in [6.45, 7) is 0. The Bertz CT molecular complexity index is 801. The number of esters is 1. The van der Waals surface area contributed by atoms with E-state index in [9.17, 15) is 49.1 Å². The quantitative estimate of drug-likeness (QED) is 0.541. The van der Waals surface area contributed by atoms with E-state index in [2.05, 4.69) is 4.74 Å². The first kappa shape index (κ1) is 22.3. The number of amides is 1. The highest BCUT2D eigenvalue weighted by molar-refractivity contribution is 7.17. The molecule has 1 aliphatic carbocycles.